The highest BCUT2D eigenvalue weighted by molar-refractivity contribution is 7.33. The van der Waals surface area contributed by atoms with E-state index >= 15 is 0 Å². The Kier molecular flexibility index (Phi) is 7.44. The lowest BCUT2D eigenvalue weighted by molar-refractivity contribution is -0.141. The third kappa shape index (κ3) is 5.86. The Morgan fingerprint density at radius 1 is 0.738 bits per heavy atom. The predicted molar refractivity (Wildman–Crippen MR) is 132 cm³/mol. The molecule has 42 heavy (non-hydrogen) atoms. The summed E-state index contributed by atoms with van der Waals surface area (Å²) in [6, 6.07) is 5.06. The monoisotopic (exact) mass is 614 g/mol. The normalized spacial score (nSPS) is 16.0. The zero-order valence-electron chi connectivity index (χ0n) is 21.5. The van der Waals surface area contributed by atoms with Gasteiger partial charge in [-0.05, 0) is 49.9 Å². The minimum absolute atomic E-state index is 0.0675. The summed E-state index contributed by atoms with van der Waals surface area (Å²) in [5, 5.41) is 7.71. The van der Waals surface area contributed by atoms with Crippen molar-refractivity contribution in [2.24, 2.45) is 0 Å². The summed E-state index contributed by atoms with van der Waals surface area (Å²) in [5.41, 5.74) is -2.86. The fourth-order valence-corrected chi connectivity index (χ4v) is 5.23. The van der Waals surface area contributed by atoms with Gasteiger partial charge in [-0.15, -0.1) is 0 Å². The van der Waals surface area contributed by atoms with Gasteiger partial charge in [-0.3, -0.25) is 14.5 Å². The van der Waals surface area contributed by atoms with Gasteiger partial charge in [0.15, 0.2) is 11.4 Å². The van der Waals surface area contributed by atoms with Crippen LogP contribution in [0.3, 0.4) is 0 Å². The van der Waals surface area contributed by atoms with Crippen LogP contribution < -0.4 is 0 Å². The van der Waals surface area contributed by atoms with Crippen LogP contribution in [0.2, 0.25) is 0 Å². The van der Waals surface area contributed by atoms with Crippen molar-refractivity contribution in [2.45, 2.75) is 63.1 Å². The Morgan fingerprint density at radius 3 is 1.50 bits per heavy atom. The molecule has 0 amide bonds. The molecule has 9 nitrogen and oxygen atoms in total. The highest BCUT2D eigenvalue weighted by Crippen LogP contribution is 2.48. The standard InChI is InChI=1S/C26H21F6N4O5P/c27-25(28,29)23-15(3-1-9-33-23)19-17(21(40-35-19)13-5-6-13)11-38-42(37)39-12-18-20(36-41-22(18)14-7-8-14)16-4-2-10-34-24(16)26(30,31)32/h1-4,9-10,13-14,42H,5-8,11-12H2. The second kappa shape index (κ2) is 10.9. The third-order valence-corrected chi connectivity index (χ3v) is 7.62. The molecular formula is C26H21F6N4O5P. The first-order valence-corrected chi connectivity index (χ1v) is 14.1. The van der Waals surface area contributed by atoms with Gasteiger partial charge in [0.25, 0.3) is 0 Å². The van der Waals surface area contributed by atoms with Crippen LogP contribution in [0, 0.1) is 0 Å². The average Bonchev–Trinajstić information content (AvgIpc) is 3.89. The second-order valence-corrected chi connectivity index (χ2v) is 11.0. The van der Waals surface area contributed by atoms with Gasteiger partial charge in [0.1, 0.15) is 22.9 Å². The van der Waals surface area contributed by atoms with Gasteiger partial charge in [0, 0.05) is 46.5 Å². The number of alkyl halides is 6. The maximum atomic E-state index is 13.6. The van der Waals surface area contributed by atoms with E-state index in [-0.39, 0.29) is 45.5 Å². The molecule has 0 bridgehead atoms. The summed E-state index contributed by atoms with van der Waals surface area (Å²) in [4.78, 5) is 6.91. The van der Waals surface area contributed by atoms with Crippen molar-refractivity contribution in [3.63, 3.8) is 0 Å². The van der Waals surface area contributed by atoms with Crippen LogP contribution in [-0.4, -0.2) is 20.3 Å². The van der Waals surface area contributed by atoms with Crippen molar-refractivity contribution < 1.29 is 49.0 Å². The number of hydrogen-bond donors (Lipinski definition) is 0. The summed E-state index contributed by atoms with van der Waals surface area (Å²) >= 11 is 0. The average molecular weight is 614 g/mol. The van der Waals surface area contributed by atoms with Crippen LogP contribution >= 0.6 is 8.25 Å². The first kappa shape index (κ1) is 28.6. The van der Waals surface area contributed by atoms with Crippen LogP contribution in [0.25, 0.3) is 22.5 Å². The lowest BCUT2D eigenvalue weighted by atomic mass is 10.0. The van der Waals surface area contributed by atoms with Crippen molar-refractivity contribution in [1.82, 2.24) is 20.3 Å². The number of nitrogens with zero attached hydrogens (tertiary/aromatic N) is 4. The van der Waals surface area contributed by atoms with Gasteiger partial charge in [-0.1, -0.05) is 10.3 Å². The van der Waals surface area contributed by atoms with Crippen molar-refractivity contribution in [3.8, 4) is 22.5 Å². The molecule has 16 heteroatoms. The molecule has 0 aromatic carbocycles. The van der Waals surface area contributed by atoms with E-state index in [1.54, 1.807) is 0 Å². The topological polar surface area (TPSA) is 113 Å². The Labute approximate surface area is 234 Å². The SMILES string of the molecule is O=[PH](OCc1c(-c2cccnc2C(F)(F)F)noc1C1CC1)OCc1c(-c2cccnc2C(F)(F)F)noc1C1CC1. The van der Waals surface area contributed by atoms with E-state index in [9.17, 15) is 30.9 Å². The molecule has 6 rings (SSSR count). The fraction of sp³-hybridized carbons (Fsp3) is 0.385. The molecular weight excluding hydrogens is 593 g/mol. The Balaban J connectivity index is 1.23. The largest absolute Gasteiger partial charge is 0.434 e. The molecule has 4 heterocycles. The number of halogens is 6. The minimum Gasteiger partial charge on any atom is -0.360 e. The van der Waals surface area contributed by atoms with Crippen LogP contribution in [0.4, 0.5) is 26.3 Å². The van der Waals surface area contributed by atoms with Gasteiger partial charge < -0.3 is 18.1 Å². The Bertz CT molecular complexity index is 1510. The molecule has 0 unspecified atom stereocenters. The summed E-state index contributed by atoms with van der Waals surface area (Å²) in [6.07, 6.45) is -4.56. The lowest BCUT2D eigenvalue weighted by Gasteiger charge is -2.12. The van der Waals surface area contributed by atoms with Crippen LogP contribution in [0.1, 0.15) is 71.6 Å². The zero-order chi connectivity index (χ0) is 29.6. The molecule has 0 spiro atoms. The van der Waals surface area contributed by atoms with Crippen molar-refractivity contribution in [1.29, 1.82) is 0 Å². The fourth-order valence-electron chi connectivity index (χ4n) is 4.63. The van der Waals surface area contributed by atoms with Crippen LogP contribution in [0.15, 0.2) is 45.7 Å². The molecule has 0 radical (unpaired) electrons. The summed E-state index contributed by atoms with van der Waals surface area (Å²) in [6.45, 7) is -0.886. The van der Waals surface area contributed by atoms with Crippen LogP contribution in [-0.2, 0) is 39.2 Å². The lowest BCUT2D eigenvalue weighted by Crippen LogP contribution is -2.10. The van der Waals surface area contributed by atoms with E-state index in [2.05, 4.69) is 20.3 Å². The second-order valence-electron chi connectivity index (χ2n) is 9.92. The number of pyridine rings is 2. The first-order chi connectivity index (χ1) is 20.0. The Hall–Kier alpha value is -3.55. The Morgan fingerprint density at radius 2 is 1.14 bits per heavy atom. The molecule has 0 aliphatic heterocycles. The van der Waals surface area contributed by atoms with E-state index in [0.29, 0.717) is 11.5 Å². The van der Waals surface area contributed by atoms with Crippen molar-refractivity contribution in [3.05, 3.63) is 70.7 Å². The first-order valence-electron chi connectivity index (χ1n) is 12.8. The molecule has 2 fully saturated rings. The van der Waals surface area contributed by atoms with Crippen molar-refractivity contribution in [2.75, 3.05) is 0 Å². The quantitative estimate of drug-likeness (QED) is 0.131. The molecule has 222 valence electrons. The number of rotatable bonds is 10. The summed E-state index contributed by atoms with van der Waals surface area (Å²) in [5.74, 6) is 0.514. The highest BCUT2D eigenvalue weighted by Gasteiger charge is 2.40. The van der Waals surface area contributed by atoms with Gasteiger partial charge in [0.05, 0.1) is 13.2 Å². The molecule has 4 aromatic rings. The third-order valence-electron chi connectivity index (χ3n) is 6.86. The van der Waals surface area contributed by atoms with Gasteiger partial charge in [-0.25, -0.2) is 0 Å². The van der Waals surface area contributed by atoms with Gasteiger partial charge in [-0.2, -0.15) is 26.3 Å². The molecule has 0 N–H and O–H groups in total. The van der Waals surface area contributed by atoms with E-state index in [4.69, 9.17) is 18.1 Å². The highest BCUT2D eigenvalue weighted by atomic mass is 31.1. The molecule has 2 aliphatic rings. The van der Waals surface area contributed by atoms with E-state index in [0.717, 1.165) is 38.1 Å². The molecule has 2 saturated carbocycles. The molecule has 4 aromatic heterocycles. The van der Waals surface area contributed by atoms with Crippen LogP contribution in [0.5, 0.6) is 0 Å². The van der Waals surface area contributed by atoms with E-state index in [1.807, 2.05) is 0 Å². The van der Waals surface area contributed by atoms with E-state index < -0.39 is 45.2 Å². The number of hydrogen-bond acceptors (Lipinski definition) is 9. The maximum absolute atomic E-state index is 13.6. The van der Waals surface area contributed by atoms with Crippen molar-refractivity contribution >= 4 is 8.25 Å². The molecule has 0 saturated heterocycles. The molecule has 2 aliphatic carbocycles. The number of aromatic nitrogens is 4. The van der Waals surface area contributed by atoms with Gasteiger partial charge >= 0.3 is 20.6 Å². The summed E-state index contributed by atoms with van der Waals surface area (Å²) in [7, 11) is -3.32. The predicted octanol–water partition coefficient (Wildman–Crippen LogP) is 7.70. The van der Waals surface area contributed by atoms with Gasteiger partial charge in [0.2, 0.25) is 0 Å². The van der Waals surface area contributed by atoms with E-state index in [1.165, 1.54) is 24.3 Å². The maximum Gasteiger partial charge on any atom is 0.434 e. The smallest absolute Gasteiger partial charge is 0.360 e. The summed E-state index contributed by atoms with van der Waals surface area (Å²) < 4.78 is 116. The zero-order valence-corrected chi connectivity index (χ0v) is 22.5. The minimum atomic E-state index is -4.76. The molecule has 0 atom stereocenters.